The van der Waals surface area contributed by atoms with Crippen molar-refractivity contribution in [3.05, 3.63) is 11.6 Å². The van der Waals surface area contributed by atoms with E-state index in [4.69, 9.17) is 4.74 Å². The number of aromatic nitrogens is 3. The van der Waals surface area contributed by atoms with Gasteiger partial charge < -0.3 is 15.4 Å². The molecule has 0 aromatic carbocycles. The molecule has 2 N–H and O–H groups in total. The van der Waals surface area contributed by atoms with Gasteiger partial charge in [-0.2, -0.15) is 5.10 Å². The molecule has 0 radical (unpaired) electrons. The number of aryl methyl sites for hydroxylation is 1. The first-order valence-corrected chi connectivity index (χ1v) is 8.17. The van der Waals surface area contributed by atoms with Crippen LogP contribution in [0, 0.1) is 5.92 Å². The molecule has 0 bridgehead atoms. The third-order valence-electron chi connectivity index (χ3n) is 4.28. The fourth-order valence-corrected chi connectivity index (χ4v) is 2.86. The molecule has 1 aromatic heterocycles. The van der Waals surface area contributed by atoms with E-state index in [0.717, 1.165) is 49.5 Å². The summed E-state index contributed by atoms with van der Waals surface area (Å²) in [6.07, 6.45) is 6.03. The molecule has 0 saturated heterocycles. The molecule has 1 aliphatic heterocycles. The molecule has 2 aliphatic rings. The van der Waals surface area contributed by atoms with E-state index in [1.54, 1.807) is 7.11 Å². The number of halogens is 1. The first kappa shape index (κ1) is 18.4. The molecule has 8 heteroatoms. The quantitative estimate of drug-likeness (QED) is 0.402. The summed E-state index contributed by atoms with van der Waals surface area (Å²) in [5.41, 5.74) is 0. The summed E-state index contributed by atoms with van der Waals surface area (Å²) in [6.45, 7) is 2.31. The van der Waals surface area contributed by atoms with Crippen molar-refractivity contribution in [2.45, 2.75) is 51.3 Å². The lowest BCUT2D eigenvalue weighted by Crippen LogP contribution is -2.47. The number of ether oxygens (including phenoxy) is 1. The average Bonchev–Trinajstić information content (AvgIpc) is 3.25. The Hall–Kier alpha value is -0.900. The SMILES string of the molecule is CN=C(NCCC1CC1)NC1CCc2nc(COC)nn2C1.I. The Bertz CT molecular complexity index is 528. The molecule has 1 aliphatic carbocycles. The number of nitrogens with one attached hydrogen (secondary N) is 2. The van der Waals surface area contributed by atoms with Gasteiger partial charge in [-0.05, 0) is 18.8 Å². The van der Waals surface area contributed by atoms with Gasteiger partial charge in [-0.25, -0.2) is 9.67 Å². The van der Waals surface area contributed by atoms with Gasteiger partial charge in [0.15, 0.2) is 11.8 Å². The monoisotopic (exact) mass is 434 g/mol. The van der Waals surface area contributed by atoms with E-state index in [-0.39, 0.29) is 24.0 Å². The normalized spacial score (nSPS) is 20.6. The van der Waals surface area contributed by atoms with E-state index in [0.29, 0.717) is 12.6 Å². The summed E-state index contributed by atoms with van der Waals surface area (Å²) in [6, 6.07) is 0.344. The third kappa shape index (κ3) is 5.30. The van der Waals surface area contributed by atoms with E-state index in [2.05, 4.69) is 25.7 Å². The lowest BCUT2D eigenvalue weighted by molar-refractivity contribution is 0.177. The Morgan fingerprint density at radius 2 is 2.22 bits per heavy atom. The molecule has 1 saturated carbocycles. The first-order chi connectivity index (χ1) is 10.8. The van der Waals surface area contributed by atoms with Crippen LogP contribution in [0.25, 0.3) is 0 Å². The zero-order valence-electron chi connectivity index (χ0n) is 13.9. The van der Waals surface area contributed by atoms with Crippen molar-refractivity contribution in [1.82, 2.24) is 25.4 Å². The minimum atomic E-state index is 0. The predicted octanol–water partition coefficient (Wildman–Crippen LogP) is 1.32. The molecule has 23 heavy (non-hydrogen) atoms. The average molecular weight is 434 g/mol. The molecule has 130 valence electrons. The lowest BCUT2D eigenvalue weighted by Gasteiger charge is -2.25. The zero-order chi connectivity index (χ0) is 15.4. The summed E-state index contributed by atoms with van der Waals surface area (Å²) in [7, 11) is 3.49. The molecule has 1 unspecified atom stereocenters. The van der Waals surface area contributed by atoms with Gasteiger partial charge in [-0.15, -0.1) is 24.0 Å². The second-order valence-electron chi connectivity index (χ2n) is 6.17. The van der Waals surface area contributed by atoms with Crippen LogP contribution in [0.1, 0.15) is 37.3 Å². The van der Waals surface area contributed by atoms with Crippen LogP contribution in [0.2, 0.25) is 0 Å². The van der Waals surface area contributed by atoms with Gasteiger partial charge in [0.25, 0.3) is 0 Å². The molecule has 2 heterocycles. The first-order valence-electron chi connectivity index (χ1n) is 8.17. The van der Waals surface area contributed by atoms with Crippen molar-refractivity contribution in [2.24, 2.45) is 10.9 Å². The zero-order valence-corrected chi connectivity index (χ0v) is 16.2. The number of rotatable bonds is 6. The van der Waals surface area contributed by atoms with E-state index in [9.17, 15) is 0 Å². The van der Waals surface area contributed by atoms with Crippen LogP contribution in [0.15, 0.2) is 4.99 Å². The number of guanidine groups is 1. The Morgan fingerprint density at radius 1 is 1.39 bits per heavy atom. The van der Waals surface area contributed by atoms with Gasteiger partial charge in [0.1, 0.15) is 12.4 Å². The Labute approximate surface area is 154 Å². The molecular formula is C15H27IN6O. The van der Waals surface area contributed by atoms with Crippen molar-refractivity contribution in [2.75, 3.05) is 20.7 Å². The van der Waals surface area contributed by atoms with Crippen molar-refractivity contribution in [1.29, 1.82) is 0 Å². The Balaban J connectivity index is 0.00000192. The molecule has 1 aromatic rings. The van der Waals surface area contributed by atoms with Gasteiger partial charge >= 0.3 is 0 Å². The number of methoxy groups -OCH3 is 1. The lowest BCUT2D eigenvalue weighted by atomic mass is 10.1. The summed E-state index contributed by atoms with van der Waals surface area (Å²) in [5, 5.41) is 11.4. The fraction of sp³-hybridized carbons (Fsp3) is 0.800. The number of aliphatic imine (C=N–C) groups is 1. The highest BCUT2D eigenvalue weighted by molar-refractivity contribution is 14.0. The smallest absolute Gasteiger partial charge is 0.191 e. The van der Waals surface area contributed by atoms with Crippen molar-refractivity contribution in [3.63, 3.8) is 0 Å². The van der Waals surface area contributed by atoms with Crippen LogP contribution in [-0.2, 0) is 24.3 Å². The largest absolute Gasteiger partial charge is 0.377 e. The second-order valence-corrected chi connectivity index (χ2v) is 6.17. The summed E-state index contributed by atoms with van der Waals surface area (Å²) < 4.78 is 7.09. The van der Waals surface area contributed by atoms with E-state index in [1.165, 1.54) is 19.3 Å². The van der Waals surface area contributed by atoms with Gasteiger partial charge in [0.2, 0.25) is 0 Å². The van der Waals surface area contributed by atoms with Gasteiger partial charge in [0, 0.05) is 33.2 Å². The molecule has 0 spiro atoms. The van der Waals surface area contributed by atoms with Crippen LogP contribution in [0.4, 0.5) is 0 Å². The van der Waals surface area contributed by atoms with E-state index in [1.807, 2.05) is 11.7 Å². The maximum absolute atomic E-state index is 5.10. The highest BCUT2D eigenvalue weighted by Crippen LogP contribution is 2.31. The van der Waals surface area contributed by atoms with Gasteiger partial charge in [-0.3, -0.25) is 4.99 Å². The van der Waals surface area contributed by atoms with Crippen molar-refractivity contribution >= 4 is 29.9 Å². The maximum Gasteiger partial charge on any atom is 0.191 e. The third-order valence-corrected chi connectivity index (χ3v) is 4.28. The highest BCUT2D eigenvalue weighted by atomic mass is 127. The molecule has 1 atom stereocenters. The molecule has 1 fully saturated rings. The van der Waals surface area contributed by atoms with Crippen LogP contribution >= 0.6 is 24.0 Å². The van der Waals surface area contributed by atoms with E-state index >= 15 is 0 Å². The number of nitrogens with zero attached hydrogens (tertiary/aromatic N) is 4. The molecular weight excluding hydrogens is 407 g/mol. The Kier molecular flexibility index (Phi) is 7.07. The van der Waals surface area contributed by atoms with Crippen LogP contribution < -0.4 is 10.6 Å². The minimum Gasteiger partial charge on any atom is -0.377 e. The van der Waals surface area contributed by atoms with Crippen molar-refractivity contribution in [3.8, 4) is 0 Å². The van der Waals surface area contributed by atoms with Gasteiger partial charge in [-0.1, -0.05) is 12.8 Å². The maximum atomic E-state index is 5.10. The minimum absolute atomic E-state index is 0. The standard InChI is InChI=1S/C15H26N6O.HI/c1-16-15(17-8-7-11-3-4-11)18-12-5-6-14-19-13(10-22-2)20-21(14)9-12;/h11-12H,3-10H2,1-2H3,(H2,16,17,18);1H. The van der Waals surface area contributed by atoms with Crippen molar-refractivity contribution < 1.29 is 4.74 Å². The number of hydrogen-bond acceptors (Lipinski definition) is 4. The summed E-state index contributed by atoms with van der Waals surface area (Å²) in [4.78, 5) is 8.82. The summed E-state index contributed by atoms with van der Waals surface area (Å²) in [5.74, 6) is 3.66. The highest BCUT2D eigenvalue weighted by Gasteiger charge is 2.23. The number of hydrogen-bond donors (Lipinski definition) is 2. The number of fused-ring (bicyclic) bond motifs is 1. The molecule has 3 rings (SSSR count). The van der Waals surface area contributed by atoms with Crippen LogP contribution in [-0.4, -0.2) is 47.5 Å². The van der Waals surface area contributed by atoms with Gasteiger partial charge in [0.05, 0.1) is 6.54 Å². The molecule has 0 amide bonds. The topological polar surface area (TPSA) is 76.4 Å². The van der Waals surface area contributed by atoms with Crippen LogP contribution in [0.3, 0.4) is 0 Å². The van der Waals surface area contributed by atoms with E-state index < -0.39 is 0 Å². The van der Waals surface area contributed by atoms with Crippen LogP contribution in [0.5, 0.6) is 0 Å². The predicted molar refractivity (Wildman–Crippen MR) is 100 cm³/mol. The summed E-state index contributed by atoms with van der Waals surface area (Å²) >= 11 is 0. The second kappa shape index (κ2) is 8.81. The Morgan fingerprint density at radius 3 is 2.91 bits per heavy atom. The molecule has 7 nitrogen and oxygen atoms in total. The fourth-order valence-electron chi connectivity index (χ4n) is 2.86.